The number of carboxylic acids is 1. The number of aromatic nitrogens is 2. The zero-order chi connectivity index (χ0) is 17.6. The second kappa shape index (κ2) is 7.72. The highest BCUT2D eigenvalue weighted by Crippen LogP contribution is 2.19. The van der Waals surface area contributed by atoms with Gasteiger partial charge >= 0.3 is 5.97 Å². The van der Waals surface area contributed by atoms with Gasteiger partial charge in [-0.15, -0.1) is 5.10 Å². The van der Waals surface area contributed by atoms with Crippen molar-refractivity contribution in [2.75, 3.05) is 11.9 Å². The lowest BCUT2D eigenvalue weighted by atomic mass is 10.2. The highest BCUT2D eigenvalue weighted by Gasteiger charge is 2.06. The van der Waals surface area contributed by atoms with E-state index in [1.807, 2.05) is 36.4 Å². The summed E-state index contributed by atoms with van der Waals surface area (Å²) in [5.41, 5.74) is 2.45. The van der Waals surface area contributed by atoms with E-state index < -0.39 is 5.97 Å². The summed E-state index contributed by atoms with van der Waals surface area (Å²) in [5, 5.41) is 16.7. The molecule has 2 aromatic carbocycles. The molecule has 128 valence electrons. The summed E-state index contributed by atoms with van der Waals surface area (Å²) in [6, 6.07) is 16.5. The maximum Gasteiger partial charge on any atom is 0.322 e. The molecule has 1 heterocycles. The zero-order valence-electron chi connectivity index (χ0n) is 13.2. The number of hydrogen-bond donors (Lipinski definition) is 2. The molecule has 0 fully saturated rings. The quantitative estimate of drug-likeness (QED) is 0.675. The fourth-order valence-corrected chi connectivity index (χ4v) is 2.39. The third-order valence-electron chi connectivity index (χ3n) is 3.48. The van der Waals surface area contributed by atoms with Gasteiger partial charge in [0.15, 0.2) is 0 Å². The minimum absolute atomic E-state index is 0.151. The van der Waals surface area contributed by atoms with Crippen LogP contribution in [0, 0.1) is 0 Å². The molecule has 0 saturated heterocycles. The van der Waals surface area contributed by atoms with Gasteiger partial charge in [0, 0.05) is 28.5 Å². The van der Waals surface area contributed by atoms with Crippen molar-refractivity contribution >= 4 is 23.3 Å². The highest BCUT2D eigenvalue weighted by atomic mass is 35.5. The first-order valence-electron chi connectivity index (χ1n) is 7.60. The van der Waals surface area contributed by atoms with Crippen LogP contribution in [0.3, 0.4) is 0 Å². The smallest absolute Gasteiger partial charge is 0.322 e. The van der Waals surface area contributed by atoms with E-state index in [2.05, 4.69) is 10.4 Å². The molecule has 0 spiro atoms. The van der Waals surface area contributed by atoms with E-state index >= 15 is 0 Å². The Balaban J connectivity index is 1.66. The molecule has 0 amide bonds. The van der Waals surface area contributed by atoms with E-state index in [0.29, 0.717) is 10.9 Å². The first kappa shape index (κ1) is 16.9. The molecule has 0 radical (unpaired) electrons. The Labute approximate surface area is 149 Å². The van der Waals surface area contributed by atoms with Crippen LogP contribution >= 0.6 is 11.6 Å². The molecular formula is C18H16ClN3O3. The van der Waals surface area contributed by atoms with Gasteiger partial charge in [0.2, 0.25) is 5.88 Å². The van der Waals surface area contributed by atoms with Crippen molar-refractivity contribution in [2.45, 2.75) is 6.61 Å². The Morgan fingerprint density at radius 1 is 1.16 bits per heavy atom. The minimum Gasteiger partial charge on any atom is -0.480 e. The van der Waals surface area contributed by atoms with E-state index in [-0.39, 0.29) is 13.2 Å². The minimum atomic E-state index is -0.919. The zero-order valence-corrected chi connectivity index (χ0v) is 14.0. The Morgan fingerprint density at radius 3 is 2.68 bits per heavy atom. The number of hydrogen-bond acceptors (Lipinski definition) is 4. The van der Waals surface area contributed by atoms with Gasteiger partial charge < -0.3 is 15.2 Å². The molecule has 0 aliphatic carbocycles. The number of ether oxygens (including phenoxy) is 1. The maximum absolute atomic E-state index is 10.7. The van der Waals surface area contributed by atoms with Crippen LogP contribution in [0.15, 0.2) is 60.8 Å². The predicted molar refractivity (Wildman–Crippen MR) is 95.5 cm³/mol. The lowest BCUT2D eigenvalue weighted by Crippen LogP contribution is -2.14. The van der Waals surface area contributed by atoms with Gasteiger partial charge in [0.05, 0.1) is 5.69 Å². The molecule has 25 heavy (non-hydrogen) atoms. The Hall–Kier alpha value is -2.99. The number of carboxylic acid groups (broad SMARTS) is 1. The first-order valence-corrected chi connectivity index (χ1v) is 7.97. The van der Waals surface area contributed by atoms with Crippen molar-refractivity contribution in [3.63, 3.8) is 0 Å². The number of benzene rings is 2. The van der Waals surface area contributed by atoms with E-state index in [4.69, 9.17) is 21.4 Å². The lowest BCUT2D eigenvalue weighted by Gasteiger charge is -2.10. The summed E-state index contributed by atoms with van der Waals surface area (Å²) < 4.78 is 7.41. The van der Waals surface area contributed by atoms with Crippen LogP contribution in [0.25, 0.3) is 5.69 Å². The van der Waals surface area contributed by atoms with Crippen LogP contribution in [0.5, 0.6) is 5.88 Å². The molecule has 6 nitrogen and oxygen atoms in total. The molecule has 0 unspecified atom stereocenters. The highest BCUT2D eigenvalue weighted by molar-refractivity contribution is 6.30. The number of para-hydroxylation sites is 1. The van der Waals surface area contributed by atoms with Gasteiger partial charge in [-0.3, -0.25) is 4.79 Å². The molecule has 3 aromatic rings. The molecule has 3 rings (SSSR count). The normalized spacial score (nSPS) is 10.4. The number of halogens is 1. The third-order valence-corrected chi connectivity index (χ3v) is 3.73. The van der Waals surface area contributed by atoms with Gasteiger partial charge in [0.25, 0.3) is 0 Å². The van der Waals surface area contributed by atoms with Crippen molar-refractivity contribution in [1.29, 1.82) is 0 Å². The third kappa shape index (κ3) is 4.51. The fraction of sp³-hybridized carbons (Fsp3) is 0.111. The number of rotatable bonds is 7. The maximum atomic E-state index is 10.7. The number of carbonyl (C=O) groups is 1. The molecule has 0 atom stereocenters. The molecule has 0 bridgehead atoms. The van der Waals surface area contributed by atoms with Crippen molar-refractivity contribution in [1.82, 2.24) is 9.78 Å². The van der Waals surface area contributed by atoms with Crippen LogP contribution < -0.4 is 10.1 Å². The Morgan fingerprint density at radius 2 is 1.92 bits per heavy atom. The van der Waals surface area contributed by atoms with Crippen LogP contribution in [-0.4, -0.2) is 27.4 Å². The number of nitrogens with one attached hydrogen (secondary N) is 1. The molecular weight excluding hydrogens is 342 g/mol. The molecule has 2 N–H and O–H groups in total. The van der Waals surface area contributed by atoms with Crippen LogP contribution in [0.2, 0.25) is 5.02 Å². The van der Waals surface area contributed by atoms with Crippen molar-refractivity contribution < 1.29 is 14.6 Å². The molecule has 0 aliphatic rings. The van der Waals surface area contributed by atoms with E-state index in [9.17, 15) is 4.79 Å². The van der Waals surface area contributed by atoms with E-state index in [0.717, 1.165) is 16.9 Å². The Bertz CT molecular complexity index is 862. The topological polar surface area (TPSA) is 76.4 Å². The van der Waals surface area contributed by atoms with Gasteiger partial charge in [-0.05, 0) is 30.3 Å². The monoisotopic (exact) mass is 357 g/mol. The summed E-state index contributed by atoms with van der Waals surface area (Å²) in [5.74, 6) is -0.444. The largest absolute Gasteiger partial charge is 0.480 e. The summed E-state index contributed by atoms with van der Waals surface area (Å²) >= 11 is 5.88. The van der Waals surface area contributed by atoms with Crippen LogP contribution in [-0.2, 0) is 11.4 Å². The van der Waals surface area contributed by atoms with Crippen LogP contribution in [0.1, 0.15) is 5.56 Å². The SMILES string of the molecule is O=C(O)CNc1ccccc1COc1ccn(-c2ccc(Cl)cc2)n1. The first-order chi connectivity index (χ1) is 12.1. The second-order valence-electron chi connectivity index (χ2n) is 5.27. The Kier molecular flexibility index (Phi) is 5.20. The lowest BCUT2D eigenvalue weighted by molar-refractivity contribution is -0.134. The second-order valence-corrected chi connectivity index (χ2v) is 5.70. The molecule has 0 aliphatic heterocycles. The van der Waals surface area contributed by atoms with Crippen molar-refractivity contribution in [2.24, 2.45) is 0 Å². The van der Waals surface area contributed by atoms with Crippen molar-refractivity contribution in [3.8, 4) is 11.6 Å². The van der Waals surface area contributed by atoms with Gasteiger partial charge in [-0.1, -0.05) is 29.8 Å². The van der Waals surface area contributed by atoms with Gasteiger partial charge in [-0.25, -0.2) is 4.68 Å². The van der Waals surface area contributed by atoms with E-state index in [1.54, 1.807) is 29.1 Å². The van der Waals surface area contributed by atoms with Crippen molar-refractivity contribution in [3.05, 3.63) is 71.4 Å². The molecule has 0 saturated carbocycles. The number of aliphatic carboxylic acids is 1. The summed E-state index contributed by atoms with van der Waals surface area (Å²) in [7, 11) is 0. The van der Waals surface area contributed by atoms with Crippen LogP contribution in [0.4, 0.5) is 5.69 Å². The summed E-state index contributed by atoms with van der Waals surface area (Å²) in [6.07, 6.45) is 1.80. The van der Waals surface area contributed by atoms with Gasteiger partial charge in [0.1, 0.15) is 13.2 Å². The number of anilines is 1. The fourth-order valence-electron chi connectivity index (χ4n) is 2.26. The predicted octanol–water partition coefficient (Wildman–Crippen LogP) is 3.60. The van der Waals surface area contributed by atoms with Gasteiger partial charge in [-0.2, -0.15) is 0 Å². The summed E-state index contributed by atoms with van der Waals surface area (Å²) in [4.78, 5) is 10.7. The molecule has 1 aromatic heterocycles. The average molecular weight is 358 g/mol. The average Bonchev–Trinajstić information content (AvgIpc) is 3.08. The number of nitrogens with zero attached hydrogens (tertiary/aromatic N) is 2. The standard InChI is InChI=1S/C18H16ClN3O3/c19-14-5-7-15(8-6-14)22-10-9-17(21-22)25-12-13-3-1-2-4-16(13)20-11-18(23)24/h1-10,20H,11-12H2,(H,23,24). The summed E-state index contributed by atoms with van der Waals surface area (Å²) in [6.45, 7) is 0.128. The van der Waals surface area contributed by atoms with E-state index in [1.165, 1.54) is 0 Å². The molecule has 7 heteroatoms.